The molecule has 0 aromatic carbocycles. The summed E-state index contributed by atoms with van der Waals surface area (Å²) in [5.41, 5.74) is 5.81. The first-order chi connectivity index (χ1) is 8.41. The third kappa shape index (κ3) is 2.07. The lowest BCUT2D eigenvalue weighted by Crippen LogP contribution is -2.51. The van der Waals surface area contributed by atoms with Crippen LogP contribution in [-0.2, 0) is 9.59 Å². The second-order valence-electron chi connectivity index (χ2n) is 6.12. The summed E-state index contributed by atoms with van der Waals surface area (Å²) in [6, 6.07) is 0. The summed E-state index contributed by atoms with van der Waals surface area (Å²) in [6.07, 6.45) is 3.29. The number of hydrogen-bond acceptors (Lipinski definition) is 3. The lowest BCUT2D eigenvalue weighted by atomic mass is 9.93. The van der Waals surface area contributed by atoms with Crippen molar-refractivity contribution in [2.45, 2.75) is 52.0 Å². The van der Waals surface area contributed by atoms with Gasteiger partial charge >= 0.3 is 0 Å². The molecule has 2 unspecified atom stereocenters. The number of amides is 2. The Morgan fingerprint density at radius 2 is 1.61 bits per heavy atom. The highest BCUT2D eigenvalue weighted by molar-refractivity contribution is 6.05. The van der Waals surface area contributed by atoms with Crippen LogP contribution in [-0.4, -0.2) is 28.8 Å². The monoisotopic (exact) mass is 252 g/mol. The molecule has 2 aliphatic rings. The molecule has 1 aliphatic heterocycles. The Labute approximate surface area is 109 Å². The molecule has 2 atom stereocenters. The van der Waals surface area contributed by atoms with E-state index in [0.717, 1.165) is 25.7 Å². The number of rotatable bonds is 4. The van der Waals surface area contributed by atoms with E-state index in [4.69, 9.17) is 5.73 Å². The van der Waals surface area contributed by atoms with Gasteiger partial charge in [-0.15, -0.1) is 0 Å². The summed E-state index contributed by atoms with van der Waals surface area (Å²) in [7, 11) is 0. The Bertz CT molecular complexity index is 339. The SMILES string of the molecule is CCC(N)(CC)CN1C(=O)C2CC(C)CC2C1=O. The van der Waals surface area contributed by atoms with Gasteiger partial charge in [-0.05, 0) is 31.6 Å². The van der Waals surface area contributed by atoms with Gasteiger partial charge in [-0.3, -0.25) is 14.5 Å². The van der Waals surface area contributed by atoms with E-state index in [1.165, 1.54) is 4.90 Å². The Morgan fingerprint density at radius 1 is 1.17 bits per heavy atom. The minimum atomic E-state index is -0.421. The first-order valence-electron chi connectivity index (χ1n) is 7.06. The Morgan fingerprint density at radius 3 is 2.00 bits per heavy atom. The molecule has 1 aliphatic carbocycles. The maximum atomic E-state index is 12.3. The Kier molecular flexibility index (Phi) is 3.49. The molecule has 1 saturated heterocycles. The molecule has 18 heavy (non-hydrogen) atoms. The zero-order valence-corrected chi connectivity index (χ0v) is 11.6. The topological polar surface area (TPSA) is 63.4 Å². The summed E-state index contributed by atoms with van der Waals surface area (Å²) in [5.74, 6) is 0.406. The van der Waals surface area contributed by atoms with Crippen LogP contribution in [0.25, 0.3) is 0 Å². The third-order valence-corrected chi connectivity index (χ3v) is 4.85. The van der Waals surface area contributed by atoms with E-state index >= 15 is 0 Å². The molecule has 4 heteroatoms. The Balaban J connectivity index is 2.13. The highest BCUT2D eigenvalue weighted by atomic mass is 16.2. The van der Waals surface area contributed by atoms with Crippen molar-refractivity contribution in [3.63, 3.8) is 0 Å². The first kappa shape index (κ1) is 13.5. The van der Waals surface area contributed by atoms with Crippen LogP contribution < -0.4 is 5.73 Å². The van der Waals surface area contributed by atoms with Gasteiger partial charge in [-0.1, -0.05) is 20.8 Å². The molecule has 4 nitrogen and oxygen atoms in total. The van der Waals surface area contributed by atoms with Crippen LogP contribution >= 0.6 is 0 Å². The predicted molar refractivity (Wildman–Crippen MR) is 69.6 cm³/mol. The molecule has 2 amide bonds. The number of hydrogen-bond donors (Lipinski definition) is 1. The standard InChI is InChI=1S/C14H24N2O2/c1-4-14(15,5-2)8-16-12(17)10-6-9(3)7-11(10)13(16)18/h9-11H,4-8,15H2,1-3H3. The lowest BCUT2D eigenvalue weighted by Gasteiger charge is -2.31. The quantitative estimate of drug-likeness (QED) is 0.772. The van der Waals surface area contributed by atoms with Crippen molar-refractivity contribution in [3.8, 4) is 0 Å². The molecule has 2 rings (SSSR count). The van der Waals surface area contributed by atoms with Gasteiger partial charge in [0.15, 0.2) is 0 Å². The van der Waals surface area contributed by atoms with Crippen molar-refractivity contribution in [1.29, 1.82) is 0 Å². The van der Waals surface area contributed by atoms with E-state index in [0.29, 0.717) is 12.5 Å². The van der Waals surface area contributed by atoms with Gasteiger partial charge in [-0.2, -0.15) is 0 Å². The van der Waals surface area contributed by atoms with Crippen molar-refractivity contribution >= 4 is 11.8 Å². The van der Waals surface area contributed by atoms with Crippen molar-refractivity contribution in [3.05, 3.63) is 0 Å². The van der Waals surface area contributed by atoms with Crippen LogP contribution in [0.4, 0.5) is 0 Å². The maximum absolute atomic E-state index is 12.3. The van der Waals surface area contributed by atoms with Crippen LogP contribution in [0.2, 0.25) is 0 Å². The van der Waals surface area contributed by atoms with E-state index in [2.05, 4.69) is 6.92 Å². The second kappa shape index (κ2) is 4.65. The third-order valence-electron chi connectivity index (χ3n) is 4.85. The van der Waals surface area contributed by atoms with Gasteiger partial charge in [0.25, 0.3) is 0 Å². The minimum Gasteiger partial charge on any atom is -0.324 e. The maximum Gasteiger partial charge on any atom is 0.233 e. The van der Waals surface area contributed by atoms with Crippen molar-refractivity contribution < 1.29 is 9.59 Å². The number of carbonyl (C=O) groups excluding carboxylic acids is 2. The average molecular weight is 252 g/mol. The van der Waals surface area contributed by atoms with Crippen molar-refractivity contribution in [2.24, 2.45) is 23.5 Å². The molecule has 1 saturated carbocycles. The van der Waals surface area contributed by atoms with E-state index in [1.54, 1.807) is 0 Å². The fourth-order valence-corrected chi connectivity index (χ4v) is 3.29. The fraction of sp³-hybridized carbons (Fsp3) is 0.857. The van der Waals surface area contributed by atoms with E-state index < -0.39 is 5.54 Å². The molecule has 2 N–H and O–H groups in total. The number of likely N-dealkylation sites (tertiary alicyclic amines) is 1. The predicted octanol–water partition coefficient (Wildman–Crippen LogP) is 1.53. The molecule has 2 fully saturated rings. The van der Waals surface area contributed by atoms with E-state index in [9.17, 15) is 9.59 Å². The zero-order chi connectivity index (χ0) is 13.5. The molecular weight excluding hydrogens is 228 g/mol. The minimum absolute atomic E-state index is 0.0195. The number of imide groups is 1. The van der Waals surface area contributed by atoms with Gasteiger partial charge in [0.1, 0.15) is 0 Å². The second-order valence-corrected chi connectivity index (χ2v) is 6.12. The Hall–Kier alpha value is -0.900. The van der Waals surface area contributed by atoms with Crippen LogP contribution in [0.3, 0.4) is 0 Å². The van der Waals surface area contributed by atoms with Gasteiger partial charge < -0.3 is 5.73 Å². The van der Waals surface area contributed by atoms with Crippen LogP contribution in [0, 0.1) is 17.8 Å². The van der Waals surface area contributed by atoms with E-state index in [1.807, 2.05) is 13.8 Å². The summed E-state index contributed by atoms with van der Waals surface area (Å²) < 4.78 is 0. The summed E-state index contributed by atoms with van der Waals surface area (Å²) in [5, 5.41) is 0. The highest BCUT2D eigenvalue weighted by Gasteiger charge is 2.52. The fourth-order valence-electron chi connectivity index (χ4n) is 3.29. The highest BCUT2D eigenvalue weighted by Crippen LogP contribution is 2.43. The van der Waals surface area contributed by atoms with Crippen LogP contribution in [0.1, 0.15) is 46.5 Å². The number of nitrogens with two attached hydrogens (primary N) is 1. The number of nitrogens with zero attached hydrogens (tertiary/aromatic N) is 1. The molecule has 0 bridgehead atoms. The number of fused-ring (bicyclic) bond motifs is 1. The molecular formula is C14H24N2O2. The van der Waals surface area contributed by atoms with Crippen molar-refractivity contribution in [1.82, 2.24) is 4.90 Å². The number of carbonyl (C=O) groups is 2. The smallest absolute Gasteiger partial charge is 0.233 e. The molecule has 0 aromatic heterocycles. The summed E-state index contributed by atoms with van der Waals surface area (Å²) >= 11 is 0. The molecule has 1 heterocycles. The van der Waals surface area contributed by atoms with Gasteiger partial charge in [-0.25, -0.2) is 0 Å². The first-order valence-corrected chi connectivity index (χ1v) is 7.06. The molecule has 0 aromatic rings. The van der Waals surface area contributed by atoms with Gasteiger partial charge in [0.05, 0.1) is 11.8 Å². The van der Waals surface area contributed by atoms with Crippen LogP contribution in [0.5, 0.6) is 0 Å². The van der Waals surface area contributed by atoms with Crippen molar-refractivity contribution in [2.75, 3.05) is 6.54 Å². The average Bonchev–Trinajstić information content (AvgIpc) is 2.83. The molecule has 0 radical (unpaired) electrons. The normalized spacial score (nSPS) is 32.2. The summed E-state index contributed by atoms with van der Waals surface area (Å²) in [6.45, 7) is 6.53. The van der Waals surface area contributed by atoms with Gasteiger partial charge in [0.2, 0.25) is 11.8 Å². The lowest BCUT2D eigenvalue weighted by molar-refractivity contribution is -0.141. The zero-order valence-electron chi connectivity index (χ0n) is 11.6. The largest absolute Gasteiger partial charge is 0.324 e. The molecule has 0 spiro atoms. The van der Waals surface area contributed by atoms with E-state index in [-0.39, 0.29) is 23.7 Å². The summed E-state index contributed by atoms with van der Waals surface area (Å²) in [4.78, 5) is 26.0. The molecule has 102 valence electrons. The van der Waals surface area contributed by atoms with Crippen LogP contribution in [0.15, 0.2) is 0 Å². The van der Waals surface area contributed by atoms with Gasteiger partial charge in [0, 0.05) is 12.1 Å².